The summed E-state index contributed by atoms with van der Waals surface area (Å²) in [5.74, 6) is 0.877. The molecule has 1 rings (SSSR count). The molecule has 15 heavy (non-hydrogen) atoms. The van der Waals surface area contributed by atoms with E-state index < -0.39 is 0 Å². The second kappa shape index (κ2) is 4.64. The van der Waals surface area contributed by atoms with Gasteiger partial charge in [-0.2, -0.15) is 0 Å². The Balaban J connectivity index is 2.73. The van der Waals surface area contributed by atoms with E-state index in [-0.39, 0.29) is 5.66 Å². The maximum absolute atomic E-state index is 6.16. The van der Waals surface area contributed by atoms with Gasteiger partial charge in [0.25, 0.3) is 0 Å². The van der Waals surface area contributed by atoms with Gasteiger partial charge in [0.05, 0.1) is 12.8 Å². The lowest BCUT2D eigenvalue weighted by Gasteiger charge is -2.32. The van der Waals surface area contributed by atoms with E-state index in [0.717, 1.165) is 12.2 Å². The number of benzene rings is 1. The fourth-order valence-corrected chi connectivity index (χ4v) is 1.31. The van der Waals surface area contributed by atoms with Crippen molar-refractivity contribution < 1.29 is 4.74 Å². The summed E-state index contributed by atoms with van der Waals surface area (Å²) in [6, 6.07) is 8.02. The van der Waals surface area contributed by atoms with Gasteiger partial charge in [-0.15, -0.1) is 0 Å². The van der Waals surface area contributed by atoms with Gasteiger partial charge in [0.1, 0.15) is 5.75 Å². The molecule has 0 saturated heterocycles. The number of likely N-dealkylation sites (N-methyl/N-ethyl adjacent to an activating group) is 1. The van der Waals surface area contributed by atoms with Crippen LogP contribution in [0.25, 0.3) is 0 Å². The van der Waals surface area contributed by atoms with E-state index >= 15 is 0 Å². The molecule has 0 fully saturated rings. The monoisotopic (exact) mass is 208 g/mol. The molecule has 0 saturated carbocycles. The largest absolute Gasteiger partial charge is 0.497 e. The Labute approximate surface area is 91.8 Å². The first kappa shape index (κ1) is 12.0. The van der Waals surface area contributed by atoms with Crippen molar-refractivity contribution in [3.05, 3.63) is 29.8 Å². The molecule has 84 valence electrons. The van der Waals surface area contributed by atoms with Crippen molar-refractivity contribution in [2.45, 2.75) is 19.0 Å². The van der Waals surface area contributed by atoms with Crippen LogP contribution in [0.5, 0.6) is 5.75 Å². The highest BCUT2D eigenvalue weighted by Gasteiger charge is 2.21. The molecule has 0 radical (unpaired) electrons. The van der Waals surface area contributed by atoms with Crippen LogP contribution in [0, 0.1) is 0 Å². The number of nitrogens with two attached hydrogens (primary N) is 1. The number of ether oxygens (including phenoxy) is 1. The average molecular weight is 208 g/mol. The third-order valence-electron chi connectivity index (χ3n) is 2.74. The summed E-state index contributed by atoms with van der Waals surface area (Å²) in [6.45, 7) is 2.03. The van der Waals surface area contributed by atoms with Crippen LogP contribution in [0.4, 0.5) is 0 Å². The van der Waals surface area contributed by atoms with Gasteiger partial charge < -0.3 is 10.5 Å². The maximum atomic E-state index is 6.16. The Bertz CT molecular complexity index is 304. The average Bonchev–Trinajstić information content (AvgIpc) is 2.18. The third kappa shape index (κ3) is 3.22. The summed E-state index contributed by atoms with van der Waals surface area (Å²) in [7, 11) is 5.65. The van der Waals surface area contributed by atoms with E-state index in [1.807, 2.05) is 50.2 Å². The van der Waals surface area contributed by atoms with Crippen molar-refractivity contribution in [3.8, 4) is 5.75 Å². The first-order valence-electron chi connectivity index (χ1n) is 5.05. The second-order valence-electron chi connectivity index (χ2n) is 4.28. The summed E-state index contributed by atoms with van der Waals surface area (Å²) < 4.78 is 5.11. The summed E-state index contributed by atoms with van der Waals surface area (Å²) in [5.41, 5.74) is 7.06. The Morgan fingerprint density at radius 2 is 1.80 bits per heavy atom. The molecule has 0 spiro atoms. The molecule has 1 atom stereocenters. The van der Waals surface area contributed by atoms with Gasteiger partial charge in [0.2, 0.25) is 0 Å². The predicted octanol–water partition coefficient (Wildman–Crippen LogP) is 1.47. The molecule has 0 amide bonds. The van der Waals surface area contributed by atoms with Gasteiger partial charge in [0.15, 0.2) is 0 Å². The van der Waals surface area contributed by atoms with E-state index in [1.165, 1.54) is 5.56 Å². The number of hydrogen-bond donors (Lipinski definition) is 1. The van der Waals surface area contributed by atoms with Gasteiger partial charge in [-0.05, 0) is 38.7 Å². The van der Waals surface area contributed by atoms with Crippen molar-refractivity contribution in [2.75, 3.05) is 21.2 Å². The van der Waals surface area contributed by atoms with E-state index in [1.54, 1.807) is 7.11 Å². The lowest BCUT2D eigenvalue weighted by Crippen LogP contribution is -2.51. The smallest absolute Gasteiger partial charge is 0.118 e. The van der Waals surface area contributed by atoms with Crippen molar-refractivity contribution in [3.63, 3.8) is 0 Å². The zero-order valence-corrected chi connectivity index (χ0v) is 9.95. The van der Waals surface area contributed by atoms with Crippen LogP contribution in [0.2, 0.25) is 0 Å². The molecule has 0 aliphatic heterocycles. The van der Waals surface area contributed by atoms with E-state index in [2.05, 4.69) is 0 Å². The Morgan fingerprint density at radius 3 is 2.20 bits per heavy atom. The number of nitrogens with zero attached hydrogens (tertiary/aromatic N) is 1. The molecule has 0 bridgehead atoms. The highest BCUT2D eigenvalue weighted by atomic mass is 16.5. The fraction of sp³-hybridized carbons (Fsp3) is 0.500. The van der Waals surface area contributed by atoms with Crippen LogP contribution in [-0.2, 0) is 6.42 Å². The highest BCUT2D eigenvalue weighted by molar-refractivity contribution is 5.28. The van der Waals surface area contributed by atoms with Crippen molar-refractivity contribution in [2.24, 2.45) is 5.73 Å². The first-order chi connectivity index (χ1) is 6.95. The summed E-state index contributed by atoms with van der Waals surface area (Å²) >= 11 is 0. The zero-order valence-electron chi connectivity index (χ0n) is 9.95. The van der Waals surface area contributed by atoms with Crippen molar-refractivity contribution >= 4 is 0 Å². The Kier molecular flexibility index (Phi) is 3.72. The molecule has 1 unspecified atom stereocenters. The minimum atomic E-state index is -0.311. The Morgan fingerprint density at radius 1 is 1.27 bits per heavy atom. The highest BCUT2D eigenvalue weighted by Crippen LogP contribution is 2.16. The quantitative estimate of drug-likeness (QED) is 0.762. The van der Waals surface area contributed by atoms with E-state index in [0.29, 0.717) is 0 Å². The van der Waals surface area contributed by atoms with Crippen LogP contribution in [0.1, 0.15) is 12.5 Å². The topological polar surface area (TPSA) is 38.5 Å². The van der Waals surface area contributed by atoms with E-state index in [4.69, 9.17) is 10.5 Å². The van der Waals surface area contributed by atoms with Gasteiger partial charge in [-0.3, -0.25) is 4.90 Å². The second-order valence-corrected chi connectivity index (χ2v) is 4.28. The molecule has 0 aliphatic rings. The van der Waals surface area contributed by atoms with Crippen LogP contribution in [-0.4, -0.2) is 31.8 Å². The summed E-state index contributed by atoms with van der Waals surface area (Å²) in [6.07, 6.45) is 0.823. The summed E-state index contributed by atoms with van der Waals surface area (Å²) in [5, 5.41) is 0. The van der Waals surface area contributed by atoms with Gasteiger partial charge in [0, 0.05) is 6.42 Å². The van der Waals surface area contributed by atoms with E-state index in [9.17, 15) is 0 Å². The van der Waals surface area contributed by atoms with Crippen LogP contribution < -0.4 is 10.5 Å². The standard InChI is InChI=1S/C12H20N2O/c1-12(13,14(2)3)9-10-5-7-11(15-4)8-6-10/h5-8H,9,13H2,1-4H3. The van der Waals surface area contributed by atoms with Crippen molar-refractivity contribution in [1.82, 2.24) is 4.90 Å². The minimum Gasteiger partial charge on any atom is -0.497 e. The maximum Gasteiger partial charge on any atom is 0.118 e. The molecular weight excluding hydrogens is 188 g/mol. The van der Waals surface area contributed by atoms with Gasteiger partial charge in [-0.25, -0.2) is 0 Å². The lowest BCUT2D eigenvalue weighted by atomic mass is 10.0. The van der Waals surface area contributed by atoms with Gasteiger partial charge >= 0.3 is 0 Å². The molecule has 0 heterocycles. The van der Waals surface area contributed by atoms with Gasteiger partial charge in [-0.1, -0.05) is 12.1 Å². The predicted molar refractivity (Wildman–Crippen MR) is 63.0 cm³/mol. The molecule has 2 N–H and O–H groups in total. The zero-order chi connectivity index (χ0) is 11.5. The first-order valence-corrected chi connectivity index (χ1v) is 5.05. The molecule has 3 nitrogen and oxygen atoms in total. The fourth-order valence-electron chi connectivity index (χ4n) is 1.31. The molecule has 3 heteroatoms. The molecule has 0 aliphatic carbocycles. The van der Waals surface area contributed by atoms with Crippen LogP contribution >= 0.6 is 0 Å². The minimum absolute atomic E-state index is 0.311. The van der Waals surface area contributed by atoms with Crippen molar-refractivity contribution in [1.29, 1.82) is 0 Å². The number of hydrogen-bond acceptors (Lipinski definition) is 3. The van der Waals surface area contributed by atoms with Crippen LogP contribution in [0.3, 0.4) is 0 Å². The number of methoxy groups -OCH3 is 1. The third-order valence-corrected chi connectivity index (χ3v) is 2.74. The normalized spacial score (nSPS) is 15.1. The SMILES string of the molecule is COc1ccc(CC(C)(N)N(C)C)cc1. The molecule has 0 aromatic heterocycles. The summed E-state index contributed by atoms with van der Waals surface area (Å²) in [4.78, 5) is 2.03. The number of rotatable bonds is 4. The Hall–Kier alpha value is -1.06. The molecular formula is C12H20N2O. The van der Waals surface area contributed by atoms with Crippen LogP contribution in [0.15, 0.2) is 24.3 Å². The lowest BCUT2D eigenvalue weighted by molar-refractivity contribution is 0.180. The molecule has 1 aromatic carbocycles. The molecule has 1 aromatic rings.